The van der Waals surface area contributed by atoms with Crippen LogP contribution in [0.15, 0.2) is 0 Å². The van der Waals surface area contributed by atoms with Crippen LogP contribution < -0.4 is 0 Å². The van der Waals surface area contributed by atoms with E-state index in [1.165, 1.54) is 19.3 Å². The van der Waals surface area contributed by atoms with E-state index in [0.29, 0.717) is 18.4 Å². The molecule has 2 aliphatic rings. The summed E-state index contributed by atoms with van der Waals surface area (Å²) in [5.41, 5.74) is 0. The Labute approximate surface area is 91.8 Å². The van der Waals surface area contributed by atoms with E-state index in [1.807, 2.05) is 11.8 Å². The minimum absolute atomic E-state index is 0.214. The summed E-state index contributed by atoms with van der Waals surface area (Å²) in [6, 6.07) is 0. The van der Waals surface area contributed by atoms with Crippen molar-refractivity contribution < 1.29 is 9.53 Å². The van der Waals surface area contributed by atoms with Gasteiger partial charge in [0, 0.05) is 19.0 Å². The Morgan fingerprint density at radius 2 is 2.00 bits per heavy atom. The zero-order valence-electron chi connectivity index (χ0n) is 9.58. The third-order valence-corrected chi connectivity index (χ3v) is 3.51. The van der Waals surface area contributed by atoms with Crippen LogP contribution in [-0.4, -0.2) is 36.6 Å². The minimum Gasteiger partial charge on any atom is -0.375 e. The van der Waals surface area contributed by atoms with Gasteiger partial charge in [-0.3, -0.25) is 4.79 Å². The largest absolute Gasteiger partial charge is 0.375 e. The second kappa shape index (κ2) is 4.97. The first-order valence-corrected chi connectivity index (χ1v) is 6.18. The molecule has 3 nitrogen and oxygen atoms in total. The van der Waals surface area contributed by atoms with Gasteiger partial charge in [0.25, 0.3) is 0 Å². The molecule has 0 radical (unpaired) electrons. The molecule has 1 aliphatic carbocycles. The van der Waals surface area contributed by atoms with Gasteiger partial charge in [0.2, 0.25) is 5.91 Å². The zero-order valence-corrected chi connectivity index (χ0v) is 9.58. The van der Waals surface area contributed by atoms with Crippen molar-refractivity contribution in [2.24, 2.45) is 5.92 Å². The van der Waals surface area contributed by atoms with Gasteiger partial charge in [-0.2, -0.15) is 0 Å². The third kappa shape index (κ3) is 2.71. The Hall–Kier alpha value is -0.570. The van der Waals surface area contributed by atoms with Crippen LogP contribution in [0.1, 0.15) is 39.0 Å². The molecule has 0 aromatic carbocycles. The third-order valence-electron chi connectivity index (χ3n) is 3.51. The van der Waals surface area contributed by atoms with E-state index in [1.54, 1.807) is 0 Å². The van der Waals surface area contributed by atoms with E-state index in [2.05, 4.69) is 0 Å². The average Bonchev–Trinajstić information content (AvgIpc) is 2.29. The lowest BCUT2D eigenvalue weighted by Crippen LogP contribution is -2.47. The highest BCUT2D eigenvalue weighted by Gasteiger charge is 2.28. The van der Waals surface area contributed by atoms with Gasteiger partial charge in [-0.15, -0.1) is 0 Å². The molecule has 86 valence electrons. The van der Waals surface area contributed by atoms with E-state index >= 15 is 0 Å². The summed E-state index contributed by atoms with van der Waals surface area (Å²) in [6.45, 7) is 4.33. The highest BCUT2D eigenvalue weighted by molar-refractivity contribution is 5.79. The molecule has 3 heteroatoms. The van der Waals surface area contributed by atoms with Crippen molar-refractivity contribution in [1.82, 2.24) is 4.90 Å². The monoisotopic (exact) mass is 211 g/mol. The maximum Gasteiger partial charge on any atom is 0.225 e. The van der Waals surface area contributed by atoms with Crippen molar-refractivity contribution in [2.45, 2.75) is 45.1 Å². The van der Waals surface area contributed by atoms with Crippen molar-refractivity contribution >= 4 is 5.91 Å². The number of rotatable bonds is 1. The fourth-order valence-electron chi connectivity index (χ4n) is 2.63. The van der Waals surface area contributed by atoms with Gasteiger partial charge in [0.05, 0.1) is 12.7 Å². The molecule has 0 unspecified atom stereocenters. The zero-order chi connectivity index (χ0) is 10.7. The molecule has 15 heavy (non-hydrogen) atoms. The Balaban J connectivity index is 1.88. The summed E-state index contributed by atoms with van der Waals surface area (Å²) < 4.78 is 5.45. The number of morpholine rings is 1. The van der Waals surface area contributed by atoms with E-state index in [-0.39, 0.29) is 6.10 Å². The molecule has 1 heterocycles. The summed E-state index contributed by atoms with van der Waals surface area (Å²) in [4.78, 5) is 14.2. The highest BCUT2D eigenvalue weighted by atomic mass is 16.5. The maximum absolute atomic E-state index is 12.2. The lowest BCUT2D eigenvalue weighted by atomic mass is 9.88. The second-order valence-electron chi connectivity index (χ2n) is 4.80. The molecule has 1 saturated heterocycles. The molecule has 2 fully saturated rings. The molecule has 0 spiro atoms. The van der Waals surface area contributed by atoms with Crippen LogP contribution in [0.2, 0.25) is 0 Å². The number of amides is 1. The van der Waals surface area contributed by atoms with Crippen LogP contribution >= 0.6 is 0 Å². The summed E-state index contributed by atoms with van der Waals surface area (Å²) in [6.07, 6.45) is 6.19. The lowest BCUT2D eigenvalue weighted by molar-refractivity contribution is -0.143. The van der Waals surface area contributed by atoms with Crippen LogP contribution in [0.3, 0.4) is 0 Å². The maximum atomic E-state index is 12.2. The van der Waals surface area contributed by atoms with Gasteiger partial charge in [-0.05, 0) is 19.8 Å². The summed E-state index contributed by atoms with van der Waals surface area (Å²) in [7, 11) is 0. The molecular weight excluding hydrogens is 190 g/mol. The van der Waals surface area contributed by atoms with E-state index in [9.17, 15) is 4.79 Å². The molecule has 0 aromatic heterocycles. The van der Waals surface area contributed by atoms with Crippen molar-refractivity contribution in [2.75, 3.05) is 19.7 Å². The molecule has 1 aliphatic heterocycles. The quantitative estimate of drug-likeness (QED) is 0.662. The van der Waals surface area contributed by atoms with Crippen LogP contribution in [-0.2, 0) is 9.53 Å². The number of nitrogens with zero attached hydrogens (tertiary/aromatic N) is 1. The molecule has 0 aromatic rings. The Kier molecular flexibility index (Phi) is 3.62. The fraction of sp³-hybridized carbons (Fsp3) is 0.917. The summed E-state index contributed by atoms with van der Waals surface area (Å²) in [5.74, 6) is 0.689. The Morgan fingerprint density at radius 3 is 2.67 bits per heavy atom. The Morgan fingerprint density at radius 1 is 1.27 bits per heavy atom. The van der Waals surface area contributed by atoms with Crippen LogP contribution in [0.25, 0.3) is 0 Å². The topological polar surface area (TPSA) is 29.5 Å². The average molecular weight is 211 g/mol. The van der Waals surface area contributed by atoms with Gasteiger partial charge in [0.15, 0.2) is 0 Å². The first-order chi connectivity index (χ1) is 7.27. The van der Waals surface area contributed by atoms with Gasteiger partial charge < -0.3 is 9.64 Å². The fourth-order valence-corrected chi connectivity index (χ4v) is 2.63. The van der Waals surface area contributed by atoms with Gasteiger partial charge in [0.1, 0.15) is 0 Å². The Bertz CT molecular complexity index is 224. The summed E-state index contributed by atoms with van der Waals surface area (Å²) in [5, 5.41) is 0. The SMILES string of the molecule is C[C@@H]1CN(C(=O)C2CCCCC2)CCO1. The molecular formula is C12H21NO2. The number of ether oxygens (including phenoxy) is 1. The van der Waals surface area contributed by atoms with E-state index < -0.39 is 0 Å². The van der Waals surface area contributed by atoms with Crippen LogP contribution in [0.4, 0.5) is 0 Å². The molecule has 1 atom stereocenters. The van der Waals surface area contributed by atoms with E-state index in [0.717, 1.165) is 25.9 Å². The number of carbonyl (C=O) groups is 1. The molecule has 1 amide bonds. The normalized spacial score (nSPS) is 29.1. The lowest BCUT2D eigenvalue weighted by Gasteiger charge is -2.34. The molecule has 2 rings (SSSR count). The van der Waals surface area contributed by atoms with E-state index in [4.69, 9.17) is 4.74 Å². The van der Waals surface area contributed by atoms with Crippen molar-refractivity contribution in [3.05, 3.63) is 0 Å². The predicted octanol–water partition coefficient (Wildman–Crippen LogP) is 1.81. The number of carbonyl (C=O) groups excluding carboxylic acids is 1. The number of hydrogen-bond donors (Lipinski definition) is 0. The van der Waals surface area contributed by atoms with Crippen molar-refractivity contribution in [3.63, 3.8) is 0 Å². The minimum atomic E-state index is 0.214. The van der Waals surface area contributed by atoms with Gasteiger partial charge in [-0.1, -0.05) is 19.3 Å². The first kappa shape index (κ1) is 10.9. The van der Waals surface area contributed by atoms with Crippen LogP contribution in [0, 0.1) is 5.92 Å². The predicted molar refractivity (Wildman–Crippen MR) is 58.6 cm³/mol. The highest BCUT2D eigenvalue weighted by Crippen LogP contribution is 2.26. The van der Waals surface area contributed by atoms with Crippen molar-refractivity contribution in [1.29, 1.82) is 0 Å². The van der Waals surface area contributed by atoms with Crippen LogP contribution in [0.5, 0.6) is 0 Å². The van der Waals surface area contributed by atoms with Gasteiger partial charge in [-0.25, -0.2) is 0 Å². The molecule has 1 saturated carbocycles. The van der Waals surface area contributed by atoms with Gasteiger partial charge >= 0.3 is 0 Å². The van der Waals surface area contributed by atoms with Crippen molar-refractivity contribution in [3.8, 4) is 0 Å². The first-order valence-electron chi connectivity index (χ1n) is 6.18. The number of hydrogen-bond acceptors (Lipinski definition) is 2. The molecule has 0 N–H and O–H groups in total. The standard InChI is InChI=1S/C12H21NO2/c1-10-9-13(7-8-15-10)12(14)11-5-3-2-4-6-11/h10-11H,2-9H2,1H3/t10-/m1/s1. The smallest absolute Gasteiger partial charge is 0.225 e. The summed E-state index contributed by atoms with van der Waals surface area (Å²) >= 11 is 0. The molecule has 0 bridgehead atoms. The second-order valence-corrected chi connectivity index (χ2v) is 4.80.